The van der Waals surface area contributed by atoms with Crippen molar-refractivity contribution in [1.82, 2.24) is 5.32 Å². The van der Waals surface area contributed by atoms with E-state index in [9.17, 15) is 4.79 Å². The van der Waals surface area contributed by atoms with E-state index < -0.39 is 0 Å². The molecule has 1 aliphatic heterocycles. The van der Waals surface area contributed by atoms with Gasteiger partial charge in [-0.3, -0.25) is 4.79 Å². The summed E-state index contributed by atoms with van der Waals surface area (Å²) in [6, 6.07) is 0. The van der Waals surface area contributed by atoms with Crippen LogP contribution in [0.4, 0.5) is 0 Å². The Bertz CT molecular complexity index is 270. The van der Waals surface area contributed by atoms with Crippen LogP contribution < -0.4 is 5.32 Å². The molecule has 0 amide bonds. The fourth-order valence-electron chi connectivity index (χ4n) is 0.768. The van der Waals surface area contributed by atoms with Crippen molar-refractivity contribution in [3.05, 3.63) is 29.5 Å². The molecule has 0 aromatic rings. The van der Waals surface area contributed by atoms with Crippen LogP contribution in [0.2, 0.25) is 0 Å². The van der Waals surface area contributed by atoms with Crippen LogP contribution in [0.25, 0.3) is 0 Å². The Hall–Kier alpha value is -1.47. The number of rotatable bonds is 1. The van der Waals surface area contributed by atoms with Crippen LogP contribution in [0, 0.1) is 0 Å². The van der Waals surface area contributed by atoms with Gasteiger partial charge in [0.05, 0.1) is 0 Å². The summed E-state index contributed by atoms with van der Waals surface area (Å²) >= 11 is 0. The maximum atomic E-state index is 10.8. The van der Waals surface area contributed by atoms with Gasteiger partial charge in [-0.2, -0.15) is 0 Å². The lowest BCUT2D eigenvalue weighted by atomic mass is 10.2. The lowest BCUT2D eigenvalue weighted by Gasteiger charge is -2.02. The number of hydrogen-bond donors (Lipinski definition) is 2. The summed E-state index contributed by atoms with van der Waals surface area (Å²) in [6.45, 7) is 1.89. The second kappa shape index (κ2) is 3.08. The molecule has 58 valence electrons. The Morgan fingerprint density at radius 1 is 1.73 bits per heavy atom. The summed E-state index contributed by atoms with van der Waals surface area (Å²) in [7, 11) is 0. The maximum Gasteiger partial charge on any atom is 0.235 e. The van der Waals surface area contributed by atoms with Crippen molar-refractivity contribution in [1.29, 1.82) is 0 Å². The molecule has 11 heavy (non-hydrogen) atoms. The number of hydrogen-bond acceptors (Lipinski definition) is 3. The van der Waals surface area contributed by atoms with Crippen LogP contribution in [-0.4, -0.2) is 10.9 Å². The van der Waals surface area contributed by atoms with Crippen LogP contribution >= 0.6 is 0 Å². The molecule has 0 saturated carbocycles. The van der Waals surface area contributed by atoms with Crippen molar-refractivity contribution in [2.24, 2.45) is 0 Å². The maximum absolute atomic E-state index is 10.8. The largest absolute Gasteiger partial charge is 0.489 e. The third-order valence-electron chi connectivity index (χ3n) is 1.33. The van der Waals surface area contributed by atoms with Gasteiger partial charge in [-0.15, -0.1) is 0 Å². The fourth-order valence-corrected chi connectivity index (χ4v) is 0.768. The van der Waals surface area contributed by atoms with Gasteiger partial charge in [-0.25, -0.2) is 0 Å². The summed E-state index contributed by atoms with van der Waals surface area (Å²) < 4.78 is 0. The van der Waals surface area contributed by atoms with Gasteiger partial charge in [-0.1, -0.05) is 12.7 Å². The van der Waals surface area contributed by atoms with E-state index in [-0.39, 0.29) is 11.7 Å². The minimum atomic E-state index is -0.154. The summed E-state index contributed by atoms with van der Waals surface area (Å²) in [5, 5.41) is 11.6. The van der Waals surface area contributed by atoms with Crippen molar-refractivity contribution in [2.75, 3.05) is 0 Å². The molecule has 0 aromatic heterocycles. The van der Waals surface area contributed by atoms with Gasteiger partial charge in [0, 0.05) is 17.8 Å². The minimum Gasteiger partial charge on any atom is -0.489 e. The van der Waals surface area contributed by atoms with E-state index in [1.54, 1.807) is 0 Å². The first-order chi connectivity index (χ1) is 5.22. The van der Waals surface area contributed by atoms with Gasteiger partial charge in [0.15, 0.2) is 5.78 Å². The Balaban J connectivity index is 2.93. The summed E-state index contributed by atoms with van der Waals surface area (Å²) in [4.78, 5) is 10.8. The summed E-state index contributed by atoms with van der Waals surface area (Å²) in [6.07, 6.45) is 3.33. The highest BCUT2D eigenvalue weighted by atomic mass is 16.3. The minimum absolute atomic E-state index is 0.107. The smallest absolute Gasteiger partial charge is 0.235 e. The Morgan fingerprint density at radius 2 is 2.45 bits per heavy atom. The fraction of sp³-hybridized carbons (Fsp3) is 0.250. The first-order valence-electron chi connectivity index (χ1n) is 3.39. The molecule has 0 aliphatic carbocycles. The van der Waals surface area contributed by atoms with Gasteiger partial charge in [0.1, 0.15) is 0 Å². The second-order valence-corrected chi connectivity index (χ2v) is 2.19. The molecule has 0 radical (unpaired) electrons. The lowest BCUT2D eigenvalue weighted by molar-refractivity contribution is -0.110. The van der Waals surface area contributed by atoms with Gasteiger partial charge in [0.2, 0.25) is 5.88 Å². The SMILES string of the molecule is CCC1=CC(=O)C=C=C(O)N1. The monoisotopic (exact) mass is 151 g/mol. The van der Waals surface area contributed by atoms with Crippen molar-refractivity contribution < 1.29 is 9.90 Å². The zero-order chi connectivity index (χ0) is 8.27. The molecule has 0 saturated heterocycles. The molecule has 0 unspecified atom stereocenters. The van der Waals surface area contributed by atoms with Crippen LogP contribution in [0.1, 0.15) is 13.3 Å². The topological polar surface area (TPSA) is 49.3 Å². The molecular weight excluding hydrogens is 142 g/mol. The highest BCUT2D eigenvalue weighted by Crippen LogP contribution is 2.01. The quantitative estimate of drug-likeness (QED) is 0.550. The van der Waals surface area contributed by atoms with E-state index in [0.29, 0.717) is 12.1 Å². The molecule has 0 bridgehead atoms. The predicted molar refractivity (Wildman–Crippen MR) is 40.7 cm³/mol. The molecule has 1 rings (SSSR count). The zero-order valence-electron chi connectivity index (χ0n) is 6.22. The van der Waals surface area contributed by atoms with Gasteiger partial charge < -0.3 is 10.4 Å². The van der Waals surface area contributed by atoms with Crippen molar-refractivity contribution in [2.45, 2.75) is 13.3 Å². The third kappa shape index (κ3) is 1.99. The van der Waals surface area contributed by atoms with Crippen LogP contribution in [0.5, 0.6) is 0 Å². The number of carbonyl (C=O) groups excluding carboxylic acids is 1. The van der Waals surface area contributed by atoms with Crippen LogP contribution in [-0.2, 0) is 4.79 Å². The van der Waals surface area contributed by atoms with Crippen LogP contribution in [0.15, 0.2) is 29.5 Å². The molecule has 0 fully saturated rings. The number of nitrogens with one attached hydrogen (secondary N) is 1. The van der Waals surface area contributed by atoms with E-state index in [4.69, 9.17) is 5.11 Å². The molecule has 1 aliphatic rings. The normalized spacial score (nSPS) is 16.6. The number of carbonyl (C=O) groups is 1. The van der Waals surface area contributed by atoms with E-state index in [0.717, 1.165) is 0 Å². The molecule has 3 nitrogen and oxygen atoms in total. The molecule has 0 spiro atoms. The zero-order valence-corrected chi connectivity index (χ0v) is 6.22. The van der Waals surface area contributed by atoms with E-state index in [1.165, 1.54) is 12.2 Å². The Labute approximate surface area is 64.7 Å². The van der Waals surface area contributed by atoms with Gasteiger partial charge in [0.25, 0.3) is 0 Å². The van der Waals surface area contributed by atoms with Crippen molar-refractivity contribution in [3.8, 4) is 0 Å². The van der Waals surface area contributed by atoms with Gasteiger partial charge >= 0.3 is 0 Å². The van der Waals surface area contributed by atoms with Crippen LogP contribution in [0.3, 0.4) is 0 Å². The van der Waals surface area contributed by atoms with E-state index in [2.05, 4.69) is 11.0 Å². The molecule has 0 atom stereocenters. The number of ketones is 1. The second-order valence-electron chi connectivity index (χ2n) is 2.19. The molecule has 0 aromatic carbocycles. The summed E-state index contributed by atoms with van der Waals surface area (Å²) in [5.41, 5.74) is 3.10. The van der Waals surface area contributed by atoms with E-state index in [1.807, 2.05) is 6.92 Å². The molecular formula is C8H9NO2. The average molecular weight is 151 g/mol. The Kier molecular flexibility index (Phi) is 2.14. The first-order valence-corrected chi connectivity index (χ1v) is 3.39. The average Bonchev–Trinajstić information content (AvgIpc) is 2.13. The lowest BCUT2D eigenvalue weighted by Crippen LogP contribution is -2.10. The summed E-state index contributed by atoms with van der Waals surface area (Å²) in [5.74, 6) is -0.262. The predicted octanol–water partition coefficient (Wildman–Crippen LogP) is 1.01. The van der Waals surface area contributed by atoms with Crippen molar-refractivity contribution >= 4 is 5.78 Å². The van der Waals surface area contributed by atoms with Gasteiger partial charge in [-0.05, 0) is 6.42 Å². The highest BCUT2D eigenvalue weighted by Gasteiger charge is 2.02. The first kappa shape index (κ1) is 7.63. The van der Waals surface area contributed by atoms with Crippen molar-refractivity contribution in [3.63, 3.8) is 0 Å². The molecule has 3 heteroatoms. The standard InChI is InChI=1S/C8H9NO2/c1-2-6-5-7(10)3-4-8(11)9-6/h3,5,9,11H,2H2,1H3. The molecule has 2 N–H and O–H groups in total. The Morgan fingerprint density at radius 3 is 3.09 bits per heavy atom. The number of aliphatic hydroxyl groups excluding tert-OH is 1. The third-order valence-corrected chi connectivity index (χ3v) is 1.33. The number of allylic oxidation sites excluding steroid dienone is 3. The number of aliphatic hydroxyl groups is 1. The molecule has 1 heterocycles. The van der Waals surface area contributed by atoms with E-state index >= 15 is 0 Å². The highest BCUT2D eigenvalue weighted by molar-refractivity contribution is 5.99.